The smallest absolute Gasteiger partial charge is 0.490 e. The normalized spacial score (nSPS) is 11.4. The zero-order chi connectivity index (χ0) is 14.3. The fourth-order valence-electron chi connectivity index (χ4n) is 1.19. The minimum Gasteiger partial charge on any atom is -0.492 e. The van der Waals surface area contributed by atoms with E-state index in [-0.39, 0.29) is 25.1 Å². The first-order chi connectivity index (χ1) is 8.88. The minimum atomic E-state index is -4.32. The van der Waals surface area contributed by atoms with Crippen LogP contribution in [0, 0.1) is 0 Å². The SMILES string of the molecule is OB(O)c1cncc(OCCCOCC(F)(F)F)c1. The summed E-state index contributed by atoms with van der Waals surface area (Å²) in [4.78, 5) is 3.73. The highest BCUT2D eigenvalue weighted by Gasteiger charge is 2.27. The fourth-order valence-corrected chi connectivity index (χ4v) is 1.19. The topological polar surface area (TPSA) is 71.8 Å². The van der Waals surface area contributed by atoms with Crippen molar-refractivity contribution in [2.75, 3.05) is 19.8 Å². The molecule has 19 heavy (non-hydrogen) atoms. The first-order valence-corrected chi connectivity index (χ1v) is 5.47. The molecule has 1 heterocycles. The van der Waals surface area contributed by atoms with Crippen LogP contribution in [0.2, 0.25) is 0 Å². The molecule has 0 atom stereocenters. The van der Waals surface area contributed by atoms with E-state index in [0.29, 0.717) is 5.75 Å². The molecule has 0 bridgehead atoms. The highest BCUT2D eigenvalue weighted by molar-refractivity contribution is 6.58. The zero-order valence-corrected chi connectivity index (χ0v) is 9.93. The summed E-state index contributed by atoms with van der Waals surface area (Å²) in [5, 5.41) is 17.8. The number of nitrogens with zero attached hydrogens (tertiary/aromatic N) is 1. The van der Waals surface area contributed by atoms with E-state index in [1.54, 1.807) is 0 Å². The van der Waals surface area contributed by atoms with E-state index in [0.717, 1.165) is 0 Å². The van der Waals surface area contributed by atoms with Crippen molar-refractivity contribution in [1.82, 2.24) is 4.98 Å². The predicted molar refractivity (Wildman–Crippen MR) is 61.0 cm³/mol. The molecule has 1 rings (SSSR count). The number of pyridine rings is 1. The molecule has 0 radical (unpaired) electrons. The lowest BCUT2D eigenvalue weighted by Crippen LogP contribution is -2.30. The second-order valence-corrected chi connectivity index (χ2v) is 3.70. The molecule has 0 spiro atoms. The summed E-state index contributed by atoms with van der Waals surface area (Å²) in [5.74, 6) is 0.307. The van der Waals surface area contributed by atoms with Crippen molar-refractivity contribution in [3.63, 3.8) is 0 Å². The Kier molecular flexibility index (Phi) is 6.06. The van der Waals surface area contributed by atoms with E-state index >= 15 is 0 Å². The van der Waals surface area contributed by atoms with Gasteiger partial charge >= 0.3 is 13.3 Å². The fraction of sp³-hybridized carbons (Fsp3) is 0.500. The van der Waals surface area contributed by atoms with Crippen LogP contribution < -0.4 is 10.2 Å². The largest absolute Gasteiger partial charge is 0.492 e. The molecule has 1 aromatic heterocycles. The Balaban J connectivity index is 2.21. The maximum Gasteiger partial charge on any atom is 0.490 e. The van der Waals surface area contributed by atoms with Gasteiger partial charge in [0.15, 0.2) is 0 Å². The Morgan fingerprint density at radius 3 is 2.58 bits per heavy atom. The zero-order valence-electron chi connectivity index (χ0n) is 9.93. The molecule has 0 saturated heterocycles. The van der Waals surface area contributed by atoms with Crippen LogP contribution in [0.5, 0.6) is 5.75 Å². The van der Waals surface area contributed by atoms with Crippen molar-refractivity contribution in [2.45, 2.75) is 12.6 Å². The van der Waals surface area contributed by atoms with Crippen LogP contribution in [0.1, 0.15) is 6.42 Å². The van der Waals surface area contributed by atoms with E-state index in [1.165, 1.54) is 18.5 Å². The molecule has 0 aromatic carbocycles. The van der Waals surface area contributed by atoms with Gasteiger partial charge in [0.2, 0.25) is 0 Å². The number of alkyl halides is 3. The predicted octanol–water partition coefficient (Wildman–Crippen LogP) is 0.109. The highest BCUT2D eigenvalue weighted by Crippen LogP contribution is 2.14. The van der Waals surface area contributed by atoms with Crippen LogP contribution in [0.4, 0.5) is 13.2 Å². The number of hydrogen-bond donors (Lipinski definition) is 2. The van der Waals surface area contributed by atoms with Crippen molar-refractivity contribution in [3.8, 4) is 5.75 Å². The minimum absolute atomic E-state index is 0.0742. The monoisotopic (exact) mass is 279 g/mol. The van der Waals surface area contributed by atoms with Gasteiger partial charge in [-0.05, 0) is 6.07 Å². The van der Waals surface area contributed by atoms with Crippen LogP contribution in [0.3, 0.4) is 0 Å². The average Bonchev–Trinajstić information content (AvgIpc) is 2.32. The van der Waals surface area contributed by atoms with E-state index in [1.807, 2.05) is 0 Å². The molecule has 5 nitrogen and oxygen atoms in total. The molecule has 0 amide bonds. The van der Waals surface area contributed by atoms with Gasteiger partial charge < -0.3 is 19.5 Å². The van der Waals surface area contributed by atoms with Crippen molar-refractivity contribution in [3.05, 3.63) is 18.5 Å². The molecule has 9 heteroatoms. The number of ether oxygens (including phenoxy) is 2. The highest BCUT2D eigenvalue weighted by atomic mass is 19.4. The van der Waals surface area contributed by atoms with Gasteiger partial charge in [0, 0.05) is 18.1 Å². The van der Waals surface area contributed by atoms with Crippen molar-refractivity contribution >= 4 is 12.6 Å². The van der Waals surface area contributed by atoms with Gasteiger partial charge in [0.1, 0.15) is 12.4 Å². The molecule has 2 N–H and O–H groups in total. The van der Waals surface area contributed by atoms with Crippen LogP contribution in [0.25, 0.3) is 0 Å². The lowest BCUT2D eigenvalue weighted by atomic mass is 9.82. The molecule has 1 aromatic rings. The Morgan fingerprint density at radius 2 is 1.95 bits per heavy atom. The lowest BCUT2D eigenvalue weighted by molar-refractivity contribution is -0.174. The van der Waals surface area contributed by atoms with Crippen LogP contribution >= 0.6 is 0 Å². The summed E-state index contributed by atoms with van der Waals surface area (Å²) >= 11 is 0. The lowest BCUT2D eigenvalue weighted by Gasteiger charge is -2.09. The summed E-state index contributed by atoms with van der Waals surface area (Å²) in [6.07, 6.45) is -1.41. The second kappa shape index (κ2) is 7.32. The number of aromatic nitrogens is 1. The molecule has 0 saturated carbocycles. The number of rotatable bonds is 7. The van der Waals surface area contributed by atoms with Gasteiger partial charge in [-0.3, -0.25) is 4.98 Å². The maximum absolute atomic E-state index is 11.7. The van der Waals surface area contributed by atoms with Crippen molar-refractivity contribution < 1.29 is 32.7 Å². The standard InChI is InChI=1S/C10H13BF3NO4/c12-10(13,14)7-18-2-1-3-19-9-4-8(11(16)17)5-15-6-9/h4-6,16-17H,1-3,7H2. The molecule has 0 aliphatic heterocycles. The Bertz CT molecular complexity index is 389. The Hall–Kier alpha value is -1.32. The van der Waals surface area contributed by atoms with Gasteiger partial charge in [0.25, 0.3) is 0 Å². The summed E-state index contributed by atoms with van der Waals surface area (Å²) in [6, 6.07) is 1.38. The van der Waals surface area contributed by atoms with E-state index < -0.39 is 19.9 Å². The Labute approximate surface area is 108 Å². The average molecular weight is 279 g/mol. The van der Waals surface area contributed by atoms with E-state index in [9.17, 15) is 13.2 Å². The first kappa shape index (κ1) is 15.7. The first-order valence-electron chi connectivity index (χ1n) is 5.47. The molecule has 0 aliphatic carbocycles. The van der Waals surface area contributed by atoms with Crippen molar-refractivity contribution in [1.29, 1.82) is 0 Å². The third-order valence-corrected chi connectivity index (χ3v) is 2.00. The molecule has 106 valence electrons. The van der Waals surface area contributed by atoms with Crippen LogP contribution in [-0.2, 0) is 4.74 Å². The molecular weight excluding hydrogens is 266 g/mol. The van der Waals surface area contributed by atoms with Crippen LogP contribution in [0.15, 0.2) is 18.5 Å². The van der Waals surface area contributed by atoms with Crippen molar-refractivity contribution in [2.24, 2.45) is 0 Å². The van der Waals surface area contributed by atoms with Gasteiger partial charge in [0.05, 0.1) is 19.4 Å². The second-order valence-electron chi connectivity index (χ2n) is 3.70. The van der Waals surface area contributed by atoms with Gasteiger partial charge in [-0.1, -0.05) is 0 Å². The van der Waals surface area contributed by atoms with Crippen LogP contribution in [-0.4, -0.2) is 48.1 Å². The van der Waals surface area contributed by atoms with Gasteiger partial charge in [-0.25, -0.2) is 0 Å². The van der Waals surface area contributed by atoms with Gasteiger partial charge in [-0.2, -0.15) is 13.2 Å². The molecule has 0 fully saturated rings. The molecular formula is C10H13BF3NO4. The quantitative estimate of drug-likeness (QED) is 0.547. The summed E-state index contributed by atoms with van der Waals surface area (Å²) in [6.45, 7) is -1.21. The van der Waals surface area contributed by atoms with Gasteiger partial charge in [-0.15, -0.1) is 0 Å². The number of halogens is 3. The molecule has 0 unspecified atom stereocenters. The third kappa shape index (κ3) is 6.99. The Morgan fingerprint density at radius 1 is 1.21 bits per heavy atom. The molecule has 0 aliphatic rings. The summed E-state index contributed by atoms with van der Waals surface area (Å²) in [7, 11) is -1.65. The summed E-state index contributed by atoms with van der Waals surface area (Å²) < 4.78 is 44.8. The van der Waals surface area contributed by atoms with E-state index in [2.05, 4.69) is 9.72 Å². The third-order valence-electron chi connectivity index (χ3n) is 2.00. The maximum atomic E-state index is 11.7. The number of hydrogen-bond acceptors (Lipinski definition) is 5. The van der Waals surface area contributed by atoms with E-state index in [4.69, 9.17) is 14.8 Å². The summed E-state index contributed by atoms with van der Waals surface area (Å²) in [5.41, 5.74) is 0.172.